The van der Waals surface area contributed by atoms with E-state index in [0.29, 0.717) is 23.5 Å². The second-order valence-electron chi connectivity index (χ2n) is 3.42. The summed E-state index contributed by atoms with van der Waals surface area (Å²) < 4.78 is 37.3. The van der Waals surface area contributed by atoms with Crippen molar-refractivity contribution in [2.24, 2.45) is 0 Å². The maximum atomic E-state index is 12.4. The fourth-order valence-corrected chi connectivity index (χ4v) is 2.28. The first-order valence-electron chi connectivity index (χ1n) is 5.25. The largest absolute Gasteiger partial charge is 0.443 e. The molecule has 0 bridgehead atoms. The summed E-state index contributed by atoms with van der Waals surface area (Å²) in [6, 6.07) is 0. The van der Waals surface area contributed by atoms with E-state index >= 15 is 0 Å². The number of hydrogen-bond acceptors (Lipinski definition) is 3. The summed E-state index contributed by atoms with van der Waals surface area (Å²) in [6.07, 6.45) is -2.82. The van der Waals surface area contributed by atoms with Crippen molar-refractivity contribution >= 4 is 11.3 Å². The third-order valence-corrected chi connectivity index (χ3v) is 3.21. The van der Waals surface area contributed by atoms with E-state index in [2.05, 4.69) is 10.3 Å². The van der Waals surface area contributed by atoms with Crippen LogP contribution in [-0.4, -0.2) is 11.5 Å². The molecule has 0 saturated heterocycles. The van der Waals surface area contributed by atoms with Crippen molar-refractivity contribution in [3.63, 3.8) is 0 Å². The van der Waals surface area contributed by atoms with Crippen molar-refractivity contribution in [3.05, 3.63) is 15.6 Å². The monoisotopic (exact) mass is 252 g/mol. The van der Waals surface area contributed by atoms with E-state index in [-0.39, 0.29) is 0 Å². The van der Waals surface area contributed by atoms with Crippen molar-refractivity contribution in [2.75, 3.05) is 6.54 Å². The SMILES string of the molecule is CCCNCc1sc(C(F)(F)F)nc1CC. The van der Waals surface area contributed by atoms with Crippen LogP contribution in [0.3, 0.4) is 0 Å². The van der Waals surface area contributed by atoms with Gasteiger partial charge in [-0.2, -0.15) is 13.2 Å². The van der Waals surface area contributed by atoms with Gasteiger partial charge in [-0.15, -0.1) is 11.3 Å². The van der Waals surface area contributed by atoms with Crippen LogP contribution in [0, 0.1) is 0 Å². The Kier molecular flexibility index (Phi) is 4.73. The zero-order valence-electron chi connectivity index (χ0n) is 9.32. The van der Waals surface area contributed by atoms with Gasteiger partial charge in [-0.05, 0) is 19.4 Å². The molecule has 92 valence electrons. The topological polar surface area (TPSA) is 24.9 Å². The summed E-state index contributed by atoms with van der Waals surface area (Å²) in [5, 5.41) is 2.36. The summed E-state index contributed by atoms with van der Waals surface area (Å²) in [5.74, 6) is 0. The first kappa shape index (κ1) is 13.4. The maximum absolute atomic E-state index is 12.4. The van der Waals surface area contributed by atoms with Gasteiger partial charge < -0.3 is 5.32 Å². The maximum Gasteiger partial charge on any atom is 0.443 e. The van der Waals surface area contributed by atoms with Crippen molar-refractivity contribution in [3.8, 4) is 0 Å². The molecule has 1 N–H and O–H groups in total. The van der Waals surface area contributed by atoms with Crippen LogP contribution in [0.25, 0.3) is 0 Å². The number of nitrogens with zero attached hydrogens (tertiary/aromatic N) is 1. The highest BCUT2D eigenvalue weighted by molar-refractivity contribution is 7.11. The molecule has 1 heterocycles. The number of nitrogens with one attached hydrogen (secondary N) is 1. The van der Waals surface area contributed by atoms with Gasteiger partial charge in [-0.25, -0.2) is 4.98 Å². The van der Waals surface area contributed by atoms with Gasteiger partial charge in [-0.3, -0.25) is 0 Å². The van der Waals surface area contributed by atoms with Gasteiger partial charge in [0, 0.05) is 11.4 Å². The highest BCUT2D eigenvalue weighted by atomic mass is 32.1. The Balaban J connectivity index is 2.78. The van der Waals surface area contributed by atoms with Gasteiger partial charge in [0.1, 0.15) is 0 Å². The van der Waals surface area contributed by atoms with E-state index in [1.165, 1.54) is 0 Å². The fourth-order valence-electron chi connectivity index (χ4n) is 1.30. The Hall–Kier alpha value is -0.620. The molecule has 0 aliphatic heterocycles. The number of aryl methyl sites for hydroxylation is 1. The molecule has 0 saturated carbocycles. The first-order chi connectivity index (χ1) is 7.49. The quantitative estimate of drug-likeness (QED) is 0.814. The lowest BCUT2D eigenvalue weighted by molar-refractivity contribution is -0.137. The van der Waals surface area contributed by atoms with E-state index in [4.69, 9.17) is 0 Å². The lowest BCUT2D eigenvalue weighted by Gasteiger charge is -2.01. The summed E-state index contributed by atoms with van der Waals surface area (Å²) in [7, 11) is 0. The van der Waals surface area contributed by atoms with Gasteiger partial charge >= 0.3 is 6.18 Å². The van der Waals surface area contributed by atoms with Crippen LogP contribution in [-0.2, 0) is 19.1 Å². The van der Waals surface area contributed by atoms with Gasteiger partial charge in [0.2, 0.25) is 0 Å². The van der Waals surface area contributed by atoms with Crippen LogP contribution in [0.2, 0.25) is 0 Å². The van der Waals surface area contributed by atoms with Crippen molar-refractivity contribution in [1.29, 1.82) is 0 Å². The second-order valence-corrected chi connectivity index (χ2v) is 4.50. The number of hydrogen-bond donors (Lipinski definition) is 1. The van der Waals surface area contributed by atoms with Gasteiger partial charge in [0.05, 0.1) is 5.69 Å². The molecular formula is C10H15F3N2S. The summed E-state index contributed by atoms with van der Waals surface area (Å²) in [5.41, 5.74) is 0.556. The Morgan fingerprint density at radius 1 is 1.31 bits per heavy atom. The van der Waals surface area contributed by atoms with E-state index in [1.807, 2.05) is 13.8 Å². The average Bonchev–Trinajstić information content (AvgIpc) is 2.61. The molecule has 2 nitrogen and oxygen atoms in total. The van der Waals surface area contributed by atoms with Crippen LogP contribution >= 0.6 is 11.3 Å². The molecule has 0 fully saturated rings. The lowest BCUT2D eigenvalue weighted by atomic mass is 10.3. The van der Waals surface area contributed by atoms with Crippen LogP contribution in [0.4, 0.5) is 13.2 Å². The molecule has 0 amide bonds. The lowest BCUT2D eigenvalue weighted by Crippen LogP contribution is -2.13. The summed E-state index contributed by atoms with van der Waals surface area (Å²) in [4.78, 5) is 4.33. The third kappa shape index (κ3) is 3.45. The van der Waals surface area contributed by atoms with E-state index in [9.17, 15) is 13.2 Å². The molecule has 0 aliphatic carbocycles. The number of halogens is 3. The Bertz CT molecular complexity index is 333. The van der Waals surface area contributed by atoms with Crippen molar-refractivity contribution < 1.29 is 13.2 Å². The minimum Gasteiger partial charge on any atom is -0.312 e. The molecular weight excluding hydrogens is 237 g/mol. The van der Waals surface area contributed by atoms with Crippen LogP contribution < -0.4 is 5.32 Å². The molecule has 6 heteroatoms. The Morgan fingerprint density at radius 2 is 2.00 bits per heavy atom. The average molecular weight is 252 g/mol. The van der Waals surface area contributed by atoms with E-state index < -0.39 is 11.2 Å². The molecule has 16 heavy (non-hydrogen) atoms. The van der Waals surface area contributed by atoms with E-state index in [0.717, 1.165) is 24.3 Å². The molecule has 0 unspecified atom stereocenters. The molecule has 0 spiro atoms. The molecule has 0 atom stereocenters. The summed E-state index contributed by atoms with van der Waals surface area (Å²) >= 11 is 0.743. The van der Waals surface area contributed by atoms with Gasteiger partial charge in [-0.1, -0.05) is 13.8 Å². The van der Waals surface area contributed by atoms with Gasteiger partial charge in [0.25, 0.3) is 0 Å². The second kappa shape index (κ2) is 5.63. The van der Waals surface area contributed by atoms with Crippen LogP contribution in [0.1, 0.15) is 35.8 Å². The van der Waals surface area contributed by atoms with Crippen molar-refractivity contribution in [2.45, 2.75) is 39.4 Å². The number of thiazole rings is 1. The standard InChI is InChI=1S/C10H15F3N2S/c1-3-5-14-6-8-7(4-2)15-9(16-8)10(11,12)13/h14H,3-6H2,1-2H3. The highest BCUT2D eigenvalue weighted by Crippen LogP contribution is 2.34. The van der Waals surface area contributed by atoms with Gasteiger partial charge in [0.15, 0.2) is 5.01 Å². The van der Waals surface area contributed by atoms with Crippen LogP contribution in [0.5, 0.6) is 0 Å². The van der Waals surface area contributed by atoms with Crippen molar-refractivity contribution in [1.82, 2.24) is 10.3 Å². The normalized spacial score (nSPS) is 12.1. The van der Waals surface area contributed by atoms with E-state index in [1.54, 1.807) is 0 Å². The number of rotatable bonds is 5. The fraction of sp³-hybridized carbons (Fsp3) is 0.700. The molecule has 0 radical (unpaired) electrons. The predicted molar refractivity (Wildman–Crippen MR) is 58.5 cm³/mol. The first-order valence-corrected chi connectivity index (χ1v) is 6.07. The highest BCUT2D eigenvalue weighted by Gasteiger charge is 2.35. The summed E-state index contributed by atoms with van der Waals surface area (Å²) in [6.45, 7) is 5.12. The zero-order chi connectivity index (χ0) is 12.2. The van der Waals surface area contributed by atoms with Crippen LogP contribution in [0.15, 0.2) is 0 Å². The molecule has 1 rings (SSSR count). The third-order valence-electron chi connectivity index (χ3n) is 2.07. The number of alkyl halides is 3. The number of aromatic nitrogens is 1. The minimum absolute atomic E-state index is 0.477. The Morgan fingerprint density at radius 3 is 2.50 bits per heavy atom. The molecule has 1 aromatic rings. The zero-order valence-corrected chi connectivity index (χ0v) is 10.1. The minimum atomic E-state index is -4.32. The molecule has 0 aliphatic rings. The predicted octanol–water partition coefficient (Wildman–Crippen LogP) is 3.22. The molecule has 0 aromatic carbocycles. The Labute approximate surface area is 96.9 Å². The molecule has 1 aromatic heterocycles. The smallest absolute Gasteiger partial charge is 0.312 e.